The number of carbonyl (C=O) groups is 8. The first kappa shape index (κ1) is 61.3. The van der Waals surface area contributed by atoms with Gasteiger partial charge >= 0.3 is 35.8 Å². The number of rotatable bonds is 20. The van der Waals surface area contributed by atoms with Crippen LogP contribution in [0.25, 0.3) is 0 Å². The van der Waals surface area contributed by atoms with E-state index in [0.717, 1.165) is 13.8 Å². The molecule has 3 aliphatic carbocycles. The van der Waals surface area contributed by atoms with Gasteiger partial charge < -0.3 is 64.4 Å². The van der Waals surface area contributed by atoms with Gasteiger partial charge in [-0.15, -0.1) is 0 Å². The summed E-state index contributed by atoms with van der Waals surface area (Å²) in [6.07, 6.45) is -12.5. The summed E-state index contributed by atoms with van der Waals surface area (Å²) in [6, 6.07) is 22.1. The van der Waals surface area contributed by atoms with E-state index >= 15 is 9.59 Å². The predicted octanol–water partition coefficient (Wildman–Crippen LogP) is 2.42. The van der Waals surface area contributed by atoms with Gasteiger partial charge in [0.2, 0.25) is 6.10 Å². The minimum absolute atomic E-state index is 0.0221. The number of aliphatic hydroxyl groups excluding tert-OH is 4. The fourth-order valence-corrected chi connectivity index (χ4v) is 11.5. The van der Waals surface area contributed by atoms with Crippen molar-refractivity contribution in [2.45, 2.75) is 121 Å². The molecule has 1 amide bonds. The van der Waals surface area contributed by atoms with Crippen LogP contribution in [0, 0.1) is 16.7 Å². The number of hydrogen-bond acceptors (Lipinski definition) is 20. The largest absolute Gasteiger partial charge is 0.481 e. The van der Waals surface area contributed by atoms with Crippen LogP contribution in [0.15, 0.2) is 102 Å². The number of carboxylic acids is 1. The van der Waals surface area contributed by atoms with Crippen LogP contribution in [0.5, 0.6) is 0 Å². The van der Waals surface area contributed by atoms with E-state index in [1.165, 1.54) is 52.0 Å². The predicted molar refractivity (Wildman–Crippen MR) is 276 cm³/mol. The first-order valence-electron chi connectivity index (χ1n) is 25.9. The van der Waals surface area contributed by atoms with Crippen molar-refractivity contribution < 1.29 is 97.4 Å². The number of carbonyl (C=O) groups excluding carboxylic acids is 7. The highest BCUT2D eigenvalue weighted by Gasteiger charge is 2.78. The summed E-state index contributed by atoms with van der Waals surface area (Å²) in [5.41, 5.74) is -7.77. The molecular weight excluding hydrogens is 1030 g/mol. The number of Topliss-reactive ketones (excluding diaryl/α,β-unsaturated/α-hetero) is 1. The van der Waals surface area contributed by atoms with E-state index in [1.807, 2.05) is 0 Å². The summed E-state index contributed by atoms with van der Waals surface area (Å²) in [4.78, 5) is 112. The highest BCUT2D eigenvalue weighted by Crippen LogP contribution is 2.64. The van der Waals surface area contributed by atoms with Gasteiger partial charge in [-0.2, -0.15) is 0 Å². The van der Waals surface area contributed by atoms with Crippen LogP contribution in [-0.4, -0.2) is 177 Å². The monoisotopic (exact) mass is 1100 g/mol. The van der Waals surface area contributed by atoms with Crippen LogP contribution in [0.4, 0.5) is 0 Å². The molecule has 1 heterocycles. The Bertz CT molecular complexity index is 2710. The molecule has 11 atom stereocenters. The molecule has 3 aromatic rings. The van der Waals surface area contributed by atoms with Crippen LogP contribution in [0.2, 0.25) is 0 Å². The highest BCUT2D eigenvalue weighted by atomic mass is 16.6. The van der Waals surface area contributed by atoms with Gasteiger partial charge in [0, 0.05) is 57.3 Å². The van der Waals surface area contributed by atoms with Gasteiger partial charge in [0.25, 0.3) is 5.91 Å². The highest BCUT2D eigenvalue weighted by molar-refractivity contribution is 5.96. The number of aliphatic hydroxyl groups is 5. The fraction of sp³-hybridized carbons (Fsp3) is 0.509. The van der Waals surface area contributed by atoms with Crippen LogP contribution in [-0.2, 0) is 57.2 Å². The van der Waals surface area contributed by atoms with Crippen molar-refractivity contribution in [2.75, 3.05) is 46.1 Å². The molecule has 0 radical (unpaired) electrons. The molecular formula is C57H70N2O20. The van der Waals surface area contributed by atoms with E-state index in [4.69, 9.17) is 43.7 Å². The molecule has 7 rings (SSSR count). The molecule has 1 saturated heterocycles. The first-order valence-corrected chi connectivity index (χ1v) is 25.9. The lowest BCUT2D eigenvalue weighted by molar-refractivity contribution is -0.346. The van der Waals surface area contributed by atoms with Crippen molar-refractivity contribution in [3.63, 3.8) is 0 Å². The second-order valence-electron chi connectivity index (χ2n) is 20.7. The molecule has 79 heavy (non-hydrogen) atoms. The lowest BCUT2D eigenvalue weighted by Crippen LogP contribution is -2.82. The Hall–Kier alpha value is -6.92. The molecule has 3 aromatic carbocycles. The molecule has 7 N–H and O–H groups in total. The lowest BCUT2D eigenvalue weighted by Gasteiger charge is -2.67. The third kappa shape index (κ3) is 12.9. The van der Waals surface area contributed by atoms with Crippen LogP contribution in [0.1, 0.15) is 99.5 Å². The van der Waals surface area contributed by atoms with Gasteiger partial charge in [-0.05, 0) is 54.8 Å². The molecule has 0 aromatic heterocycles. The Morgan fingerprint density at radius 2 is 1.33 bits per heavy atom. The number of ketones is 1. The molecule has 0 spiro atoms. The Labute approximate surface area is 456 Å². The Kier molecular flexibility index (Phi) is 20.1. The molecule has 2 saturated carbocycles. The summed E-state index contributed by atoms with van der Waals surface area (Å²) in [7, 11) is 0. The van der Waals surface area contributed by atoms with Crippen molar-refractivity contribution in [2.24, 2.45) is 16.7 Å². The van der Waals surface area contributed by atoms with Gasteiger partial charge in [-0.1, -0.05) is 80.6 Å². The van der Waals surface area contributed by atoms with Crippen LogP contribution < -0.4 is 5.32 Å². The Morgan fingerprint density at radius 3 is 1.84 bits per heavy atom. The van der Waals surface area contributed by atoms with E-state index in [9.17, 15) is 44.1 Å². The van der Waals surface area contributed by atoms with Crippen molar-refractivity contribution in [1.82, 2.24) is 10.2 Å². The van der Waals surface area contributed by atoms with Crippen LogP contribution >= 0.6 is 0 Å². The smallest absolute Gasteiger partial charge is 0.350 e. The SMILES string of the molecule is CC(=O)O[C@H]1C(=O)[C@@]2(C)C(C(OC(=O)c3ccccc3)[C@]3(O)CC(OC(=O)[C@H](OC(=O)CCC(=O)O)C(NC(=O)c4ccccc4)c4ccccc4)C(C)=C1C3(C)C)C1(OC(C)=O)COC1C[C@@H]2O.OCCN(CCO)CCO. The zero-order valence-corrected chi connectivity index (χ0v) is 44.9. The molecule has 22 heteroatoms. The molecule has 6 unspecified atom stereocenters. The average Bonchev–Trinajstić information content (AvgIpc) is 3.30. The molecule has 428 valence electrons. The maximum atomic E-state index is 15.7. The molecule has 2 bridgehead atoms. The van der Waals surface area contributed by atoms with Crippen molar-refractivity contribution in [3.8, 4) is 0 Å². The standard InChI is InChI=1S/C51H55NO17.C6H15NO3/c1-27-33(66-47(62)41(67-37(58)23-22-36(56)57)39(30-16-10-7-11-17-30)52-45(60)31-18-12-8-13-19-31)25-51(63)44(68-46(61)32-20-14-9-15-21-32)42-49(6,34(55)24-35-50(42,26-64-35)69-29(3)54)43(59)40(65-28(2)53)38(27)48(51,4)5;8-4-1-7(2-5-9)3-6-10/h7-21,33-35,39-42,44,55,63H,22-26H2,1-6H3,(H,52,60)(H,56,57);8-10H,1-6H2/t33?,34-,35?,39?,40+,41+,42?,44?,49+,50?,51+;/m0./s1. The summed E-state index contributed by atoms with van der Waals surface area (Å²) in [6.45, 7) is 9.44. The number of nitrogens with zero attached hydrogens (tertiary/aromatic N) is 1. The number of nitrogens with one attached hydrogen (secondary N) is 1. The van der Waals surface area contributed by atoms with Gasteiger partial charge in [-0.25, -0.2) is 9.59 Å². The van der Waals surface area contributed by atoms with Crippen molar-refractivity contribution in [3.05, 3.63) is 119 Å². The molecule has 1 aliphatic heterocycles. The van der Waals surface area contributed by atoms with Crippen molar-refractivity contribution >= 4 is 47.5 Å². The Morgan fingerprint density at radius 1 is 0.772 bits per heavy atom. The number of carboxylic acid groups (broad SMARTS) is 1. The zero-order valence-electron chi connectivity index (χ0n) is 44.9. The molecule has 3 fully saturated rings. The average molecular weight is 1100 g/mol. The lowest BCUT2D eigenvalue weighted by atomic mass is 9.44. The number of esters is 5. The quantitative estimate of drug-likeness (QED) is 0.0485. The van der Waals surface area contributed by atoms with E-state index in [0.29, 0.717) is 19.6 Å². The Balaban J connectivity index is 0.000000916. The molecule has 4 aliphatic rings. The van der Waals surface area contributed by atoms with Gasteiger partial charge in [0.05, 0.1) is 62.3 Å². The third-order valence-corrected chi connectivity index (χ3v) is 15.5. The number of ether oxygens (including phenoxy) is 6. The summed E-state index contributed by atoms with van der Waals surface area (Å²) in [5.74, 6) is -9.78. The number of hydrogen-bond donors (Lipinski definition) is 7. The van der Waals surface area contributed by atoms with E-state index in [2.05, 4.69) is 5.32 Å². The molecule has 22 nitrogen and oxygen atoms in total. The second kappa shape index (κ2) is 25.9. The normalized spacial score (nSPS) is 27.3. The topological polar surface area (TPSA) is 329 Å². The maximum Gasteiger partial charge on any atom is 0.350 e. The number of fused-ring (bicyclic) bond motifs is 5. The summed E-state index contributed by atoms with van der Waals surface area (Å²) >= 11 is 0. The number of amides is 1. The number of benzene rings is 3. The van der Waals surface area contributed by atoms with Crippen LogP contribution in [0.3, 0.4) is 0 Å². The minimum Gasteiger partial charge on any atom is -0.481 e. The minimum atomic E-state index is -2.50. The second-order valence-corrected chi connectivity index (χ2v) is 20.7. The number of aliphatic carboxylic acids is 1. The maximum absolute atomic E-state index is 15.7. The van der Waals surface area contributed by atoms with Crippen molar-refractivity contribution in [1.29, 1.82) is 0 Å². The van der Waals surface area contributed by atoms with E-state index < -0.39 is 137 Å². The van der Waals surface area contributed by atoms with Gasteiger partial charge in [0.15, 0.2) is 17.5 Å². The summed E-state index contributed by atoms with van der Waals surface area (Å²) in [5, 5.41) is 63.6. The summed E-state index contributed by atoms with van der Waals surface area (Å²) < 4.78 is 36.3. The van der Waals surface area contributed by atoms with Gasteiger partial charge in [0.1, 0.15) is 30.0 Å². The zero-order chi connectivity index (χ0) is 58.0. The third-order valence-electron chi connectivity index (χ3n) is 15.5. The van der Waals surface area contributed by atoms with E-state index in [1.54, 1.807) is 71.6 Å². The first-order chi connectivity index (χ1) is 37.4. The fourth-order valence-electron chi connectivity index (χ4n) is 11.5. The van der Waals surface area contributed by atoms with E-state index in [-0.39, 0.29) is 60.7 Å². The van der Waals surface area contributed by atoms with Gasteiger partial charge in [-0.3, -0.25) is 33.7 Å².